The molecule has 3 fully saturated rings. The zero-order valence-corrected chi connectivity index (χ0v) is 19.8. The van der Waals surface area contributed by atoms with Gasteiger partial charge < -0.3 is 14.5 Å². The van der Waals surface area contributed by atoms with E-state index in [1.54, 1.807) is 15.8 Å². The third-order valence-corrected chi connectivity index (χ3v) is 8.77. The van der Waals surface area contributed by atoms with Gasteiger partial charge in [-0.05, 0) is 69.5 Å². The van der Waals surface area contributed by atoms with Gasteiger partial charge in [0.1, 0.15) is 27.9 Å². The minimum absolute atomic E-state index is 0.0326. The van der Waals surface area contributed by atoms with Gasteiger partial charge in [0.2, 0.25) is 5.91 Å². The van der Waals surface area contributed by atoms with Crippen LogP contribution in [0.25, 0.3) is 15.9 Å². The van der Waals surface area contributed by atoms with E-state index in [2.05, 4.69) is 16.9 Å². The average Bonchev–Trinajstić information content (AvgIpc) is 3.43. The first kappa shape index (κ1) is 20.9. The number of hydrogen-bond acceptors (Lipinski definition) is 6. The van der Waals surface area contributed by atoms with Crippen molar-refractivity contribution < 1.29 is 9.53 Å². The fourth-order valence-corrected chi connectivity index (χ4v) is 6.67. The first-order valence-electron chi connectivity index (χ1n) is 11.8. The molecule has 0 spiro atoms. The number of carbonyl (C=O) groups excluding carboxylic acids is 1. The fraction of sp³-hybridized carbons (Fsp3) is 0.480. The molecular formula is C25H28N4O3S. The van der Waals surface area contributed by atoms with Crippen LogP contribution in [0.4, 0.5) is 5.00 Å². The molecule has 0 saturated carbocycles. The number of nitrogens with zero attached hydrogens (tertiary/aromatic N) is 4. The Morgan fingerprint density at radius 1 is 1.06 bits per heavy atom. The minimum atomic E-state index is -0.114. The second kappa shape index (κ2) is 7.95. The summed E-state index contributed by atoms with van der Waals surface area (Å²) in [5.41, 5.74) is 1.28. The zero-order chi connectivity index (χ0) is 22.7. The number of fused-ring (bicyclic) bond motifs is 3. The van der Waals surface area contributed by atoms with Crippen LogP contribution in [-0.4, -0.2) is 52.1 Å². The Morgan fingerprint density at radius 3 is 2.45 bits per heavy atom. The van der Waals surface area contributed by atoms with E-state index < -0.39 is 0 Å². The number of hydrogen-bond donors (Lipinski definition) is 0. The summed E-state index contributed by atoms with van der Waals surface area (Å²) in [6, 6.07) is 10.8. The van der Waals surface area contributed by atoms with Crippen molar-refractivity contribution in [2.24, 2.45) is 5.92 Å². The maximum atomic E-state index is 13.2. The Morgan fingerprint density at radius 2 is 1.79 bits per heavy atom. The monoisotopic (exact) mass is 464 g/mol. The minimum Gasteiger partial charge on any atom is -0.490 e. The normalized spacial score (nSPS) is 27.6. The lowest BCUT2D eigenvalue weighted by Crippen LogP contribution is -2.43. The summed E-state index contributed by atoms with van der Waals surface area (Å²) in [5.74, 6) is 0.996. The molecule has 3 aliphatic rings. The van der Waals surface area contributed by atoms with Gasteiger partial charge in [-0.15, -0.1) is 11.3 Å². The molecule has 5 heterocycles. The molecule has 3 aromatic rings. The van der Waals surface area contributed by atoms with Gasteiger partial charge in [0.15, 0.2) is 0 Å². The number of anilines is 1. The SMILES string of the molecule is CC1CCN(c2cc3ncn(-c4ccc(OC5C[C@H]6CC[C@@H](C5)N6C)cc4)c(=O)c3s2)C1=O. The van der Waals surface area contributed by atoms with Gasteiger partial charge in [-0.3, -0.25) is 14.2 Å². The van der Waals surface area contributed by atoms with Crippen molar-refractivity contribution in [1.82, 2.24) is 14.5 Å². The van der Waals surface area contributed by atoms with Crippen LogP contribution in [0.2, 0.25) is 0 Å². The summed E-state index contributed by atoms with van der Waals surface area (Å²) in [7, 11) is 2.23. The molecule has 1 amide bonds. The summed E-state index contributed by atoms with van der Waals surface area (Å²) < 4.78 is 8.43. The van der Waals surface area contributed by atoms with Gasteiger partial charge in [0, 0.05) is 24.5 Å². The summed E-state index contributed by atoms with van der Waals surface area (Å²) in [4.78, 5) is 34.4. The third-order valence-electron chi connectivity index (χ3n) is 7.64. The Bertz CT molecular complexity index is 1250. The number of carbonyl (C=O) groups is 1. The van der Waals surface area contributed by atoms with Gasteiger partial charge >= 0.3 is 0 Å². The number of aromatic nitrogens is 2. The van der Waals surface area contributed by atoms with Crippen LogP contribution < -0.4 is 15.2 Å². The van der Waals surface area contributed by atoms with Crippen molar-refractivity contribution in [3.63, 3.8) is 0 Å². The van der Waals surface area contributed by atoms with Crippen molar-refractivity contribution in [1.29, 1.82) is 0 Å². The Kier molecular flexibility index (Phi) is 5.03. The van der Waals surface area contributed by atoms with Crippen molar-refractivity contribution in [2.45, 2.75) is 57.2 Å². The van der Waals surface area contributed by atoms with Crippen molar-refractivity contribution in [2.75, 3.05) is 18.5 Å². The predicted octanol–water partition coefficient (Wildman–Crippen LogP) is 3.82. The van der Waals surface area contributed by atoms with Gasteiger partial charge in [0.05, 0.1) is 11.2 Å². The molecule has 33 heavy (non-hydrogen) atoms. The second-order valence-electron chi connectivity index (χ2n) is 9.65. The van der Waals surface area contributed by atoms with E-state index in [1.165, 1.54) is 24.2 Å². The maximum absolute atomic E-state index is 13.2. The molecule has 1 aromatic carbocycles. The Labute approximate surface area is 196 Å². The Balaban J connectivity index is 1.22. The molecule has 2 unspecified atom stereocenters. The summed E-state index contributed by atoms with van der Waals surface area (Å²) in [6.45, 7) is 2.65. The van der Waals surface area contributed by atoms with Gasteiger partial charge in [-0.2, -0.15) is 0 Å². The molecule has 8 heteroatoms. The number of piperidine rings is 1. The van der Waals surface area contributed by atoms with Crippen molar-refractivity contribution in [3.05, 3.63) is 47.0 Å². The van der Waals surface area contributed by atoms with Gasteiger partial charge in [0.25, 0.3) is 5.56 Å². The lowest BCUT2D eigenvalue weighted by Gasteiger charge is -2.36. The van der Waals surface area contributed by atoms with Crippen LogP contribution in [0.1, 0.15) is 39.0 Å². The number of amides is 1. The van der Waals surface area contributed by atoms with E-state index in [0.717, 1.165) is 35.7 Å². The standard InChI is InChI=1S/C25H28N4O3S/c1-15-9-10-28(24(15)30)22-13-21-23(33-22)25(31)29(14-26-21)16-5-7-19(8-6-16)32-20-11-17-3-4-18(12-20)27(17)2/h5-8,13-15,17-18,20H,3-4,9-12H2,1-2H3/t15?,17-,18+,20?. The Hall–Kier alpha value is -2.71. The highest BCUT2D eigenvalue weighted by atomic mass is 32.1. The molecule has 3 aliphatic heterocycles. The fourth-order valence-electron chi connectivity index (χ4n) is 5.59. The number of rotatable bonds is 4. The largest absolute Gasteiger partial charge is 0.490 e. The van der Waals surface area contributed by atoms with Crippen LogP contribution in [0.3, 0.4) is 0 Å². The first-order chi connectivity index (χ1) is 16.0. The molecule has 0 N–H and O–H groups in total. The van der Waals surface area contributed by atoms with Gasteiger partial charge in [-0.25, -0.2) is 4.98 Å². The first-order valence-corrected chi connectivity index (χ1v) is 12.6. The van der Waals surface area contributed by atoms with E-state index in [0.29, 0.717) is 28.8 Å². The van der Waals surface area contributed by atoms with E-state index >= 15 is 0 Å². The van der Waals surface area contributed by atoms with Crippen LogP contribution >= 0.6 is 11.3 Å². The van der Waals surface area contributed by atoms with E-state index in [1.807, 2.05) is 37.3 Å². The number of ether oxygens (including phenoxy) is 1. The highest BCUT2D eigenvalue weighted by molar-refractivity contribution is 7.22. The highest BCUT2D eigenvalue weighted by Crippen LogP contribution is 2.36. The molecule has 7 nitrogen and oxygen atoms in total. The molecule has 2 aromatic heterocycles. The summed E-state index contributed by atoms with van der Waals surface area (Å²) in [6.07, 6.45) is 7.37. The van der Waals surface area contributed by atoms with E-state index in [4.69, 9.17) is 4.74 Å². The highest BCUT2D eigenvalue weighted by Gasteiger charge is 2.39. The number of thiophene rings is 1. The van der Waals surface area contributed by atoms with E-state index in [-0.39, 0.29) is 23.5 Å². The summed E-state index contributed by atoms with van der Waals surface area (Å²) in [5, 5.41) is 0.803. The van der Waals surface area contributed by atoms with Crippen LogP contribution in [0.5, 0.6) is 5.75 Å². The molecule has 2 bridgehead atoms. The lowest BCUT2D eigenvalue weighted by molar-refractivity contribution is -0.119. The van der Waals surface area contributed by atoms with Gasteiger partial charge in [-0.1, -0.05) is 6.92 Å². The molecule has 3 saturated heterocycles. The van der Waals surface area contributed by atoms with Crippen LogP contribution in [-0.2, 0) is 4.79 Å². The second-order valence-corrected chi connectivity index (χ2v) is 10.7. The van der Waals surface area contributed by atoms with E-state index in [9.17, 15) is 9.59 Å². The number of benzene rings is 1. The lowest BCUT2D eigenvalue weighted by atomic mass is 10.0. The molecule has 0 aliphatic carbocycles. The quantitative estimate of drug-likeness (QED) is 0.587. The smallest absolute Gasteiger partial charge is 0.275 e. The molecule has 172 valence electrons. The molecule has 4 atom stereocenters. The van der Waals surface area contributed by atoms with Crippen LogP contribution in [0, 0.1) is 5.92 Å². The maximum Gasteiger partial charge on any atom is 0.275 e. The predicted molar refractivity (Wildman–Crippen MR) is 130 cm³/mol. The topological polar surface area (TPSA) is 67.7 Å². The molecule has 0 radical (unpaired) electrons. The van der Waals surface area contributed by atoms with Crippen molar-refractivity contribution >= 4 is 32.5 Å². The van der Waals surface area contributed by atoms with Crippen molar-refractivity contribution in [3.8, 4) is 11.4 Å². The third kappa shape index (κ3) is 3.56. The van der Waals surface area contributed by atoms with Crippen LogP contribution in [0.15, 0.2) is 41.5 Å². The zero-order valence-electron chi connectivity index (χ0n) is 18.9. The summed E-state index contributed by atoms with van der Waals surface area (Å²) >= 11 is 1.35. The molecular weight excluding hydrogens is 436 g/mol. The molecule has 6 rings (SSSR count). The average molecular weight is 465 g/mol.